The third kappa shape index (κ3) is 7.07. The van der Waals surface area contributed by atoms with Crippen LogP contribution in [0.3, 0.4) is 0 Å². The maximum Gasteiger partial charge on any atom is 0.152 e. The molecule has 0 spiro atoms. The Morgan fingerprint density at radius 1 is 1.08 bits per heavy atom. The predicted molar refractivity (Wildman–Crippen MR) is 109 cm³/mol. The van der Waals surface area contributed by atoms with Gasteiger partial charge in [0.25, 0.3) is 0 Å². The number of aliphatic hydroxyl groups is 1. The van der Waals surface area contributed by atoms with Crippen LogP contribution in [0.2, 0.25) is 10.0 Å². The second-order valence-electron chi connectivity index (χ2n) is 8.01. The molecule has 0 amide bonds. The lowest BCUT2D eigenvalue weighted by Crippen LogP contribution is -2.51. The number of rotatable bonds is 9. The average Bonchev–Trinajstić information content (AvgIpc) is 2.49. The number of hydrogen-bond donors (Lipinski definition) is 3. The van der Waals surface area contributed by atoms with E-state index in [2.05, 4.69) is 19.2 Å². The highest BCUT2D eigenvalue weighted by molar-refractivity contribution is 6.36. The zero-order chi connectivity index (χ0) is 19.3. The Morgan fingerprint density at radius 3 is 2.08 bits per heavy atom. The van der Waals surface area contributed by atoms with Gasteiger partial charge in [-0.2, -0.15) is 0 Å². The SMILES string of the molecule is CCCCC(CCC)c1c(Cl)cc(C(N)(O)CNC(C)(C)C)cc1Cl. The quantitative estimate of drug-likeness (QED) is 0.485. The van der Waals surface area contributed by atoms with Crippen molar-refractivity contribution in [1.29, 1.82) is 0 Å². The van der Waals surface area contributed by atoms with Gasteiger partial charge in [0.1, 0.15) is 0 Å². The van der Waals surface area contributed by atoms with Gasteiger partial charge in [-0.3, -0.25) is 5.73 Å². The summed E-state index contributed by atoms with van der Waals surface area (Å²) >= 11 is 13.1. The van der Waals surface area contributed by atoms with Crippen LogP contribution >= 0.6 is 23.2 Å². The number of halogens is 2. The number of benzene rings is 1. The first-order chi connectivity index (χ1) is 11.5. The van der Waals surface area contributed by atoms with Crippen LogP contribution in [0.25, 0.3) is 0 Å². The number of nitrogens with two attached hydrogens (primary N) is 1. The van der Waals surface area contributed by atoms with Crippen molar-refractivity contribution in [3.8, 4) is 0 Å². The third-order valence-electron chi connectivity index (χ3n) is 4.42. The van der Waals surface area contributed by atoms with E-state index in [0.717, 1.165) is 37.7 Å². The number of hydrogen-bond acceptors (Lipinski definition) is 3. The van der Waals surface area contributed by atoms with Crippen molar-refractivity contribution in [3.63, 3.8) is 0 Å². The van der Waals surface area contributed by atoms with Crippen LogP contribution in [0.4, 0.5) is 0 Å². The molecule has 2 unspecified atom stereocenters. The molecule has 1 aromatic rings. The molecule has 0 bridgehead atoms. The van der Waals surface area contributed by atoms with E-state index in [9.17, 15) is 5.11 Å². The molecule has 0 aromatic heterocycles. The summed E-state index contributed by atoms with van der Waals surface area (Å²) in [6, 6.07) is 3.53. The normalized spacial score (nSPS) is 15.9. The molecule has 0 radical (unpaired) electrons. The summed E-state index contributed by atoms with van der Waals surface area (Å²) in [5.41, 5.74) is 5.98. The van der Waals surface area contributed by atoms with Crippen LogP contribution in [0.15, 0.2) is 12.1 Å². The first kappa shape index (κ1) is 22.7. The molecule has 0 saturated heterocycles. The monoisotopic (exact) mass is 388 g/mol. The Labute approximate surface area is 163 Å². The topological polar surface area (TPSA) is 58.3 Å². The Kier molecular flexibility index (Phi) is 8.70. The van der Waals surface area contributed by atoms with Crippen molar-refractivity contribution in [2.45, 2.75) is 83.9 Å². The van der Waals surface area contributed by atoms with Gasteiger partial charge < -0.3 is 10.4 Å². The first-order valence-electron chi connectivity index (χ1n) is 9.27. The molecular formula is C20H34Cl2N2O. The van der Waals surface area contributed by atoms with Crippen LogP contribution < -0.4 is 11.1 Å². The predicted octanol–water partition coefficient (Wildman–Crippen LogP) is 5.56. The fraction of sp³-hybridized carbons (Fsp3) is 0.700. The van der Waals surface area contributed by atoms with Gasteiger partial charge in [-0.05, 0) is 57.2 Å². The fourth-order valence-corrected chi connectivity index (χ4v) is 3.75. The van der Waals surface area contributed by atoms with E-state index in [1.807, 2.05) is 20.8 Å². The highest BCUT2D eigenvalue weighted by Gasteiger charge is 2.28. The minimum absolute atomic E-state index is 0.146. The molecule has 4 N–H and O–H groups in total. The zero-order valence-corrected chi connectivity index (χ0v) is 17.8. The lowest BCUT2D eigenvalue weighted by Gasteiger charge is -2.30. The van der Waals surface area contributed by atoms with Crippen molar-refractivity contribution >= 4 is 23.2 Å². The van der Waals surface area contributed by atoms with E-state index >= 15 is 0 Å². The molecule has 2 atom stereocenters. The summed E-state index contributed by atoms with van der Waals surface area (Å²) in [5.74, 6) is 0.345. The zero-order valence-electron chi connectivity index (χ0n) is 16.3. The summed E-state index contributed by atoms with van der Waals surface area (Å²) in [6.45, 7) is 10.6. The first-order valence-corrected chi connectivity index (χ1v) is 10.0. The number of β-amino-alcohol motifs (C(OH)–C–C–N with tert-alkyl or cyclic N) is 1. The van der Waals surface area contributed by atoms with E-state index in [4.69, 9.17) is 28.9 Å². The largest absolute Gasteiger partial charge is 0.370 e. The van der Waals surface area contributed by atoms with Crippen molar-refractivity contribution in [2.75, 3.05) is 6.54 Å². The van der Waals surface area contributed by atoms with Crippen molar-refractivity contribution in [3.05, 3.63) is 33.3 Å². The molecule has 1 rings (SSSR count). The molecule has 0 aliphatic heterocycles. The second kappa shape index (κ2) is 9.57. The van der Waals surface area contributed by atoms with Crippen LogP contribution in [0.1, 0.15) is 83.8 Å². The van der Waals surface area contributed by atoms with Crippen LogP contribution in [-0.2, 0) is 5.72 Å². The van der Waals surface area contributed by atoms with Crippen molar-refractivity contribution in [2.24, 2.45) is 5.73 Å². The van der Waals surface area contributed by atoms with Gasteiger partial charge in [-0.1, -0.05) is 56.3 Å². The molecular weight excluding hydrogens is 355 g/mol. The summed E-state index contributed by atoms with van der Waals surface area (Å²) in [4.78, 5) is 0. The molecule has 0 aliphatic carbocycles. The van der Waals surface area contributed by atoms with E-state index in [1.54, 1.807) is 12.1 Å². The van der Waals surface area contributed by atoms with Crippen molar-refractivity contribution < 1.29 is 5.11 Å². The van der Waals surface area contributed by atoms with Gasteiger partial charge in [-0.25, -0.2) is 0 Å². The van der Waals surface area contributed by atoms with Gasteiger partial charge >= 0.3 is 0 Å². The fourth-order valence-electron chi connectivity index (χ4n) is 2.96. The third-order valence-corrected chi connectivity index (χ3v) is 5.04. The Hall–Kier alpha value is -0.320. The number of unbranched alkanes of at least 4 members (excludes halogenated alkanes) is 1. The van der Waals surface area contributed by atoms with Crippen LogP contribution in [-0.4, -0.2) is 17.2 Å². The van der Waals surface area contributed by atoms with Gasteiger partial charge in [0.2, 0.25) is 0 Å². The van der Waals surface area contributed by atoms with Crippen LogP contribution in [0.5, 0.6) is 0 Å². The van der Waals surface area contributed by atoms with Crippen molar-refractivity contribution in [1.82, 2.24) is 5.32 Å². The highest BCUT2D eigenvalue weighted by Crippen LogP contribution is 2.39. The molecule has 3 nitrogen and oxygen atoms in total. The lowest BCUT2D eigenvalue weighted by molar-refractivity contribution is 0.0372. The van der Waals surface area contributed by atoms with E-state index in [-0.39, 0.29) is 12.1 Å². The van der Waals surface area contributed by atoms with Gasteiger partial charge in [0.15, 0.2) is 5.72 Å². The lowest BCUT2D eigenvalue weighted by atomic mass is 9.88. The standard InChI is InChI=1S/C20H34Cl2N2O/c1-6-8-10-14(9-7-2)18-16(21)11-15(12-17(18)22)20(23,25)13-24-19(3,4)5/h11-12,14,24-25H,6-10,13,23H2,1-5H3. The molecule has 25 heavy (non-hydrogen) atoms. The van der Waals surface area contributed by atoms with Gasteiger partial charge in [-0.15, -0.1) is 0 Å². The minimum Gasteiger partial charge on any atom is -0.370 e. The molecule has 0 fully saturated rings. The molecule has 0 heterocycles. The summed E-state index contributed by atoms with van der Waals surface area (Å²) in [7, 11) is 0. The Balaban J connectivity index is 3.11. The maximum absolute atomic E-state index is 10.7. The summed E-state index contributed by atoms with van der Waals surface area (Å²) in [5, 5.41) is 15.1. The highest BCUT2D eigenvalue weighted by atomic mass is 35.5. The smallest absolute Gasteiger partial charge is 0.152 e. The average molecular weight is 389 g/mol. The summed E-state index contributed by atoms with van der Waals surface area (Å²) < 4.78 is 0. The molecule has 0 saturated carbocycles. The Morgan fingerprint density at radius 2 is 1.64 bits per heavy atom. The van der Waals surface area contributed by atoms with Gasteiger partial charge in [0.05, 0.1) is 0 Å². The number of nitrogens with one attached hydrogen (secondary N) is 1. The molecule has 144 valence electrons. The minimum atomic E-state index is -1.53. The maximum atomic E-state index is 10.7. The van der Waals surface area contributed by atoms with E-state index in [0.29, 0.717) is 21.5 Å². The van der Waals surface area contributed by atoms with E-state index in [1.165, 1.54) is 0 Å². The Bertz CT molecular complexity index is 530. The molecule has 1 aromatic carbocycles. The molecule has 0 aliphatic rings. The van der Waals surface area contributed by atoms with Crippen LogP contribution in [0, 0.1) is 0 Å². The summed E-state index contributed by atoms with van der Waals surface area (Å²) in [6.07, 6.45) is 5.50. The van der Waals surface area contributed by atoms with Gasteiger partial charge in [0, 0.05) is 27.7 Å². The van der Waals surface area contributed by atoms with E-state index < -0.39 is 5.72 Å². The second-order valence-corrected chi connectivity index (χ2v) is 8.82. The molecule has 5 heteroatoms.